The minimum absolute atomic E-state index is 0.0664. The minimum atomic E-state index is -0.107. The number of amides is 1. The highest BCUT2D eigenvalue weighted by atomic mass is 16.5. The van der Waals surface area contributed by atoms with Gasteiger partial charge in [-0.25, -0.2) is 0 Å². The van der Waals surface area contributed by atoms with Crippen LogP contribution in [-0.4, -0.2) is 26.2 Å². The summed E-state index contributed by atoms with van der Waals surface area (Å²) in [6.07, 6.45) is 4.35. The number of rotatable bonds is 8. The highest BCUT2D eigenvalue weighted by molar-refractivity contribution is 5.77. The summed E-state index contributed by atoms with van der Waals surface area (Å²) in [7, 11) is 3.25. The highest BCUT2D eigenvalue weighted by Crippen LogP contribution is 2.30. The lowest BCUT2D eigenvalue weighted by Crippen LogP contribution is -2.34. The number of carbonyl (C=O) groups excluding carboxylic acids is 1. The third kappa shape index (κ3) is 5.04. The van der Waals surface area contributed by atoms with Crippen LogP contribution in [0.4, 0.5) is 0 Å². The third-order valence-electron chi connectivity index (χ3n) is 5.59. The number of ether oxygens (including phenoxy) is 2. The Bertz CT molecular complexity index is 779. The average Bonchev–Trinajstić information content (AvgIpc) is 3.12. The van der Waals surface area contributed by atoms with Crippen LogP contribution in [0.5, 0.6) is 11.5 Å². The molecule has 0 spiro atoms. The van der Waals surface area contributed by atoms with Crippen LogP contribution in [0.2, 0.25) is 0 Å². The zero-order valence-electron chi connectivity index (χ0n) is 16.7. The first-order chi connectivity index (χ1) is 13.6. The van der Waals surface area contributed by atoms with E-state index in [0.29, 0.717) is 24.3 Å². The molecule has 0 heterocycles. The smallest absolute Gasteiger partial charge is 0.220 e. The van der Waals surface area contributed by atoms with Gasteiger partial charge in [-0.3, -0.25) is 4.79 Å². The summed E-state index contributed by atoms with van der Waals surface area (Å²) < 4.78 is 10.7. The summed E-state index contributed by atoms with van der Waals surface area (Å²) >= 11 is 0. The lowest BCUT2D eigenvalue weighted by atomic mass is 9.96. The number of nitrogens with one attached hydrogen (secondary N) is 1. The van der Waals surface area contributed by atoms with Gasteiger partial charge in [0.15, 0.2) is 11.5 Å². The van der Waals surface area contributed by atoms with Gasteiger partial charge in [0.05, 0.1) is 20.3 Å². The molecule has 0 aliphatic heterocycles. The van der Waals surface area contributed by atoms with Crippen LogP contribution >= 0.6 is 0 Å². The van der Waals surface area contributed by atoms with Crippen molar-refractivity contribution < 1.29 is 14.3 Å². The fourth-order valence-corrected chi connectivity index (χ4v) is 3.99. The van der Waals surface area contributed by atoms with Crippen molar-refractivity contribution in [2.45, 2.75) is 44.2 Å². The van der Waals surface area contributed by atoms with E-state index in [2.05, 4.69) is 5.32 Å². The third-order valence-corrected chi connectivity index (χ3v) is 5.59. The Morgan fingerprint density at radius 1 is 1.11 bits per heavy atom. The maximum absolute atomic E-state index is 12.7. The summed E-state index contributed by atoms with van der Waals surface area (Å²) in [5.74, 6) is 1.74. The normalized spacial score (nSPS) is 19.8. The van der Waals surface area contributed by atoms with E-state index in [9.17, 15) is 4.79 Å². The van der Waals surface area contributed by atoms with Crippen molar-refractivity contribution in [3.05, 3.63) is 59.7 Å². The predicted octanol–water partition coefficient (Wildman–Crippen LogP) is 3.62. The first-order valence-corrected chi connectivity index (χ1v) is 9.91. The van der Waals surface area contributed by atoms with E-state index in [4.69, 9.17) is 15.2 Å². The Kier molecular flexibility index (Phi) is 6.93. The number of nitrogens with two attached hydrogens (primary N) is 1. The molecule has 3 N–H and O–H groups in total. The van der Waals surface area contributed by atoms with Gasteiger partial charge in [0.1, 0.15) is 0 Å². The van der Waals surface area contributed by atoms with Crippen molar-refractivity contribution >= 4 is 5.91 Å². The second kappa shape index (κ2) is 9.60. The molecule has 0 saturated heterocycles. The zero-order chi connectivity index (χ0) is 19.9. The molecule has 0 aromatic heterocycles. The van der Waals surface area contributed by atoms with Gasteiger partial charge in [-0.1, -0.05) is 42.8 Å². The van der Waals surface area contributed by atoms with E-state index in [1.54, 1.807) is 14.2 Å². The maximum Gasteiger partial charge on any atom is 0.220 e. The van der Waals surface area contributed by atoms with Gasteiger partial charge in [0, 0.05) is 12.5 Å². The Balaban J connectivity index is 1.75. The van der Waals surface area contributed by atoms with E-state index >= 15 is 0 Å². The van der Waals surface area contributed by atoms with Crippen LogP contribution in [0.3, 0.4) is 0 Å². The molecule has 0 bridgehead atoms. The fourth-order valence-electron chi connectivity index (χ4n) is 3.99. The van der Waals surface area contributed by atoms with Gasteiger partial charge in [-0.15, -0.1) is 0 Å². The highest BCUT2D eigenvalue weighted by Gasteiger charge is 2.27. The first kappa shape index (κ1) is 20.2. The number of hydrogen-bond acceptors (Lipinski definition) is 4. The molecule has 1 aliphatic rings. The van der Waals surface area contributed by atoms with Gasteiger partial charge in [0.25, 0.3) is 0 Å². The second-order valence-electron chi connectivity index (χ2n) is 7.48. The Morgan fingerprint density at radius 2 is 1.86 bits per heavy atom. The molecule has 1 amide bonds. The molecule has 1 saturated carbocycles. The topological polar surface area (TPSA) is 73.6 Å². The Morgan fingerprint density at radius 3 is 2.50 bits per heavy atom. The predicted molar refractivity (Wildman–Crippen MR) is 111 cm³/mol. The molecular weight excluding hydrogens is 352 g/mol. The van der Waals surface area contributed by atoms with Crippen molar-refractivity contribution in [3.63, 3.8) is 0 Å². The van der Waals surface area contributed by atoms with E-state index < -0.39 is 0 Å². The van der Waals surface area contributed by atoms with Crippen LogP contribution in [-0.2, 0) is 11.2 Å². The molecule has 150 valence electrons. The Hall–Kier alpha value is -2.53. The average molecular weight is 383 g/mol. The number of methoxy groups -OCH3 is 2. The van der Waals surface area contributed by atoms with E-state index in [1.165, 1.54) is 0 Å². The number of benzene rings is 2. The summed E-state index contributed by atoms with van der Waals surface area (Å²) in [6.45, 7) is 0. The van der Waals surface area contributed by atoms with Crippen molar-refractivity contribution in [3.8, 4) is 11.5 Å². The van der Waals surface area contributed by atoms with Crippen LogP contribution < -0.4 is 20.5 Å². The molecule has 1 unspecified atom stereocenters. The van der Waals surface area contributed by atoms with Gasteiger partial charge >= 0.3 is 0 Å². The van der Waals surface area contributed by atoms with Crippen molar-refractivity contribution in [2.75, 3.05) is 14.2 Å². The monoisotopic (exact) mass is 382 g/mol. The van der Waals surface area contributed by atoms with E-state index in [1.807, 2.05) is 48.5 Å². The van der Waals surface area contributed by atoms with E-state index in [0.717, 1.165) is 30.4 Å². The molecule has 1 fully saturated rings. The van der Waals surface area contributed by atoms with Crippen LogP contribution in [0.15, 0.2) is 48.5 Å². The number of carbonyl (C=O) groups is 1. The van der Waals surface area contributed by atoms with Gasteiger partial charge in [-0.05, 0) is 48.4 Å². The second-order valence-corrected chi connectivity index (χ2v) is 7.48. The molecule has 0 radical (unpaired) electrons. The van der Waals surface area contributed by atoms with E-state index in [-0.39, 0.29) is 23.9 Å². The summed E-state index contributed by atoms with van der Waals surface area (Å²) in [6, 6.07) is 16.0. The quantitative estimate of drug-likeness (QED) is 0.731. The molecule has 2 aromatic carbocycles. The van der Waals surface area contributed by atoms with Crippen LogP contribution in [0, 0.1) is 5.92 Å². The standard InChI is InChI=1S/C23H30N2O3/c1-27-21-12-11-16(14-22(21)28-2)13-20(17-7-4-3-5-8-17)25-23(26)15-18-9-6-10-19(18)24/h3-5,7-8,11-12,14,18-20H,6,9-10,13,15,24H2,1-2H3,(H,25,26)/t18-,19+,20?/m0/s1. The molecule has 28 heavy (non-hydrogen) atoms. The largest absolute Gasteiger partial charge is 0.493 e. The molecule has 2 aromatic rings. The lowest BCUT2D eigenvalue weighted by molar-refractivity contribution is -0.122. The van der Waals surface area contributed by atoms with Gasteiger partial charge in [-0.2, -0.15) is 0 Å². The maximum atomic E-state index is 12.7. The molecular formula is C23H30N2O3. The summed E-state index contributed by atoms with van der Waals surface area (Å²) in [5.41, 5.74) is 8.30. The summed E-state index contributed by atoms with van der Waals surface area (Å²) in [5, 5.41) is 3.23. The number of hydrogen-bond donors (Lipinski definition) is 2. The van der Waals surface area contributed by atoms with Crippen molar-refractivity contribution in [1.82, 2.24) is 5.32 Å². The fraction of sp³-hybridized carbons (Fsp3) is 0.435. The van der Waals surface area contributed by atoms with Crippen LogP contribution in [0.25, 0.3) is 0 Å². The molecule has 5 heteroatoms. The molecule has 3 rings (SSSR count). The van der Waals surface area contributed by atoms with Gasteiger partial charge < -0.3 is 20.5 Å². The molecule has 5 nitrogen and oxygen atoms in total. The van der Waals surface area contributed by atoms with Gasteiger partial charge in [0.2, 0.25) is 5.91 Å². The summed E-state index contributed by atoms with van der Waals surface area (Å²) in [4.78, 5) is 12.7. The molecule has 3 atom stereocenters. The van der Waals surface area contributed by atoms with Crippen LogP contribution in [0.1, 0.15) is 42.9 Å². The SMILES string of the molecule is COc1ccc(CC(NC(=O)C[C@@H]2CCC[C@H]2N)c2ccccc2)cc1OC. The zero-order valence-corrected chi connectivity index (χ0v) is 16.7. The lowest BCUT2D eigenvalue weighted by Gasteiger charge is -2.22. The van der Waals surface area contributed by atoms with Crippen molar-refractivity contribution in [2.24, 2.45) is 11.7 Å². The first-order valence-electron chi connectivity index (χ1n) is 9.91. The van der Waals surface area contributed by atoms with Crippen molar-refractivity contribution in [1.29, 1.82) is 0 Å². The minimum Gasteiger partial charge on any atom is -0.493 e. The Labute approximate surface area is 167 Å². The molecule has 1 aliphatic carbocycles.